The fourth-order valence-electron chi connectivity index (χ4n) is 2.82. The van der Waals surface area contributed by atoms with Gasteiger partial charge in [-0.15, -0.1) is 0 Å². The summed E-state index contributed by atoms with van der Waals surface area (Å²) in [5.74, 6) is 0.888. The molecule has 160 valence electrons. The number of nitrogens with one attached hydrogen (secondary N) is 1. The second-order valence-electron chi connectivity index (χ2n) is 6.68. The number of aryl methyl sites for hydroxylation is 1. The summed E-state index contributed by atoms with van der Waals surface area (Å²) in [7, 11) is 0. The molecule has 3 aromatic rings. The van der Waals surface area contributed by atoms with Crippen LogP contribution in [0.5, 0.6) is 11.5 Å². The molecule has 3 rings (SSSR count). The van der Waals surface area contributed by atoms with Crippen LogP contribution < -0.4 is 14.9 Å². The number of halogens is 2. The summed E-state index contributed by atoms with van der Waals surface area (Å²) in [5.41, 5.74) is 5.99. The minimum Gasteiger partial charge on any atom is -0.490 e. The number of hydrazone groups is 1. The van der Waals surface area contributed by atoms with Gasteiger partial charge in [-0.25, -0.2) is 5.43 Å². The lowest BCUT2D eigenvalue weighted by atomic mass is 10.1. The van der Waals surface area contributed by atoms with Crippen molar-refractivity contribution in [3.63, 3.8) is 0 Å². The molecule has 1 amide bonds. The summed E-state index contributed by atoms with van der Waals surface area (Å²) in [6.45, 7) is 4.87. The third-order valence-electron chi connectivity index (χ3n) is 4.45. The van der Waals surface area contributed by atoms with E-state index in [0.29, 0.717) is 35.3 Å². The van der Waals surface area contributed by atoms with Gasteiger partial charge < -0.3 is 9.47 Å². The Morgan fingerprint density at radius 2 is 1.87 bits per heavy atom. The number of nitrogens with zero attached hydrogens (tertiary/aromatic N) is 1. The first-order chi connectivity index (χ1) is 15.0. The number of amides is 1. The molecular weight excluding hydrogens is 480 g/mol. The van der Waals surface area contributed by atoms with Gasteiger partial charge in [-0.1, -0.05) is 35.9 Å². The van der Waals surface area contributed by atoms with Crippen molar-refractivity contribution in [2.45, 2.75) is 20.5 Å². The fourth-order valence-corrected chi connectivity index (χ4v) is 3.52. The fraction of sp³-hybridized carbons (Fsp3) is 0.167. The van der Waals surface area contributed by atoms with Crippen molar-refractivity contribution in [2.24, 2.45) is 5.10 Å². The average Bonchev–Trinajstić information content (AvgIpc) is 2.75. The van der Waals surface area contributed by atoms with E-state index >= 15 is 0 Å². The van der Waals surface area contributed by atoms with E-state index in [-0.39, 0.29) is 5.91 Å². The maximum atomic E-state index is 12.2. The van der Waals surface area contributed by atoms with Gasteiger partial charge >= 0.3 is 0 Å². The zero-order valence-electron chi connectivity index (χ0n) is 17.2. The third kappa shape index (κ3) is 6.32. The Morgan fingerprint density at radius 1 is 1.13 bits per heavy atom. The Labute approximate surface area is 195 Å². The maximum Gasteiger partial charge on any atom is 0.271 e. The Morgan fingerprint density at radius 3 is 2.58 bits per heavy atom. The molecule has 31 heavy (non-hydrogen) atoms. The third-order valence-corrected chi connectivity index (χ3v) is 5.29. The van der Waals surface area contributed by atoms with E-state index in [0.717, 1.165) is 21.2 Å². The van der Waals surface area contributed by atoms with Crippen LogP contribution in [0.2, 0.25) is 5.02 Å². The van der Waals surface area contributed by atoms with Gasteiger partial charge in [0.2, 0.25) is 0 Å². The van der Waals surface area contributed by atoms with Crippen LogP contribution in [0.25, 0.3) is 0 Å². The van der Waals surface area contributed by atoms with Crippen LogP contribution in [-0.2, 0) is 6.61 Å². The molecule has 0 atom stereocenters. The molecule has 0 fully saturated rings. The highest BCUT2D eigenvalue weighted by Gasteiger charge is 2.13. The number of carbonyl (C=O) groups excluding carboxylic acids is 1. The molecule has 0 aliphatic carbocycles. The van der Waals surface area contributed by atoms with E-state index in [1.54, 1.807) is 30.5 Å². The van der Waals surface area contributed by atoms with Crippen LogP contribution in [0.3, 0.4) is 0 Å². The Hall–Kier alpha value is -2.83. The second kappa shape index (κ2) is 11.0. The number of benzene rings is 3. The van der Waals surface area contributed by atoms with Crippen LogP contribution in [0.15, 0.2) is 70.2 Å². The van der Waals surface area contributed by atoms with Crippen molar-refractivity contribution in [2.75, 3.05) is 6.61 Å². The van der Waals surface area contributed by atoms with Crippen molar-refractivity contribution in [1.82, 2.24) is 5.43 Å². The predicted molar refractivity (Wildman–Crippen MR) is 127 cm³/mol. The number of ether oxygens (including phenoxy) is 2. The van der Waals surface area contributed by atoms with Gasteiger partial charge in [-0.2, -0.15) is 5.10 Å². The average molecular weight is 502 g/mol. The quantitative estimate of drug-likeness (QED) is 0.297. The van der Waals surface area contributed by atoms with Crippen molar-refractivity contribution in [1.29, 1.82) is 0 Å². The largest absolute Gasteiger partial charge is 0.490 e. The summed E-state index contributed by atoms with van der Waals surface area (Å²) < 4.78 is 12.6. The predicted octanol–water partition coefficient (Wildman–Crippen LogP) is 6.15. The Bertz CT molecular complexity index is 1080. The number of hydrogen-bond acceptors (Lipinski definition) is 4. The molecule has 0 aliphatic heterocycles. The second-order valence-corrected chi connectivity index (χ2v) is 7.97. The van der Waals surface area contributed by atoms with Crippen molar-refractivity contribution in [3.8, 4) is 11.5 Å². The van der Waals surface area contributed by atoms with E-state index in [2.05, 4.69) is 39.4 Å². The molecule has 0 radical (unpaired) electrons. The number of carbonyl (C=O) groups is 1. The molecule has 0 heterocycles. The molecule has 0 unspecified atom stereocenters. The molecule has 3 aromatic carbocycles. The SMILES string of the molecule is CCOc1cc(/C=N\NC(=O)c2ccc(Cl)cc2)cc(Br)c1OCc1ccccc1C. The summed E-state index contributed by atoms with van der Waals surface area (Å²) in [4.78, 5) is 12.2. The van der Waals surface area contributed by atoms with Crippen LogP contribution in [0, 0.1) is 6.92 Å². The molecule has 0 spiro atoms. The van der Waals surface area contributed by atoms with E-state index in [1.165, 1.54) is 0 Å². The molecule has 1 N–H and O–H groups in total. The van der Waals surface area contributed by atoms with Crippen molar-refractivity contribution in [3.05, 3.63) is 92.4 Å². The molecule has 5 nitrogen and oxygen atoms in total. The monoisotopic (exact) mass is 500 g/mol. The highest BCUT2D eigenvalue weighted by molar-refractivity contribution is 9.10. The zero-order chi connectivity index (χ0) is 22.2. The van der Waals surface area contributed by atoms with Gasteiger partial charge in [0.1, 0.15) is 6.61 Å². The highest BCUT2D eigenvalue weighted by Crippen LogP contribution is 2.37. The summed E-state index contributed by atoms with van der Waals surface area (Å²) >= 11 is 9.40. The van der Waals surface area contributed by atoms with E-state index in [9.17, 15) is 4.79 Å². The first-order valence-corrected chi connectivity index (χ1v) is 10.9. The number of hydrogen-bond donors (Lipinski definition) is 1. The van der Waals surface area contributed by atoms with Crippen molar-refractivity contribution >= 4 is 39.7 Å². The summed E-state index contributed by atoms with van der Waals surface area (Å²) in [6, 6.07) is 18.3. The molecule has 0 bridgehead atoms. The Balaban J connectivity index is 1.73. The molecular formula is C24H22BrClN2O3. The van der Waals surface area contributed by atoms with Gasteiger partial charge in [0.05, 0.1) is 17.3 Å². The van der Waals surface area contributed by atoms with Crippen LogP contribution >= 0.6 is 27.5 Å². The van der Waals surface area contributed by atoms with Gasteiger partial charge in [0.25, 0.3) is 5.91 Å². The number of rotatable bonds is 8. The van der Waals surface area contributed by atoms with Gasteiger partial charge in [-0.05, 0) is 82.9 Å². The molecule has 0 saturated carbocycles. The zero-order valence-corrected chi connectivity index (χ0v) is 19.5. The minimum absolute atomic E-state index is 0.324. The molecule has 0 aromatic heterocycles. The van der Waals surface area contributed by atoms with Gasteiger partial charge in [0.15, 0.2) is 11.5 Å². The lowest BCUT2D eigenvalue weighted by Gasteiger charge is -2.15. The first-order valence-electron chi connectivity index (χ1n) is 9.70. The first kappa shape index (κ1) is 22.8. The maximum absolute atomic E-state index is 12.2. The van der Waals surface area contributed by atoms with E-state index in [4.69, 9.17) is 21.1 Å². The van der Waals surface area contributed by atoms with Crippen LogP contribution in [0.1, 0.15) is 34.0 Å². The van der Waals surface area contributed by atoms with Crippen LogP contribution in [0.4, 0.5) is 0 Å². The Kier molecular flexibility index (Phi) is 8.09. The molecule has 7 heteroatoms. The molecule has 0 saturated heterocycles. The smallest absolute Gasteiger partial charge is 0.271 e. The summed E-state index contributed by atoms with van der Waals surface area (Å²) in [6.07, 6.45) is 1.55. The standard InChI is InChI=1S/C24H22BrClN2O3/c1-3-30-22-13-17(14-27-28-24(29)18-8-10-20(26)11-9-18)12-21(25)23(22)31-15-19-7-5-4-6-16(19)2/h4-14H,3,15H2,1-2H3,(H,28,29)/b27-14-. The topological polar surface area (TPSA) is 59.9 Å². The lowest BCUT2D eigenvalue weighted by Crippen LogP contribution is -2.17. The van der Waals surface area contributed by atoms with Crippen LogP contribution in [-0.4, -0.2) is 18.7 Å². The normalized spacial score (nSPS) is 10.8. The van der Waals surface area contributed by atoms with Gasteiger partial charge in [0, 0.05) is 10.6 Å². The van der Waals surface area contributed by atoms with Gasteiger partial charge in [-0.3, -0.25) is 4.79 Å². The highest BCUT2D eigenvalue weighted by atomic mass is 79.9. The molecule has 0 aliphatic rings. The summed E-state index contributed by atoms with van der Waals surface area (Å²) in [5, 5.41) is 4.61. The lowest BCUT2D eigenvalue weighted by molar-refractivity contribution is 0.0955. The van der Waals surface area contributed by atoms with E-state index < -0.39 is 0 Å². The van der Waals surface area contributed by atoms with E-state index in [1.807, 2.05) is 37.3 Å². The minimum atomic E-state index is -0.324. The van der Waals surface area contributed by atoms with Crippen molar-refractivity contribution < 1.29 is 14.3 Å².